The van der Waals surface area contributed by atoms with Crippen LogP contribution in [0.2, 0.25) is 0 Å². The van der Waals surface area contributed by atoms with Gasteiger partial charge in [0.25, 0.3) is 0 Å². The van der Waals surface area contributed by atoms with E-state index in [1.54, 1.807) is 11.3 Å². The van der Waals surface area contributed by atoms with Gasteiger partial charge in [-0.05, 0) is 25.3 Å². The second-order valence-electron chi connectivity index (χ2n) is 4.57. The topological polar surface area (TPSA) is 24.9 Å². The van der Waals surface area contributed by atoms with Crippen LogP contribution in [0.4, 0.5) is 5.13 Å². The molecular weight excluding hydrogens is 228 g/mol. The van der Waals surface area contributed by atoms with Crippen LogP contribution in [0.3, 0.4) is 0 Å². The van der Waals surface area contributed by atoms with Crippen molar-refractivity contribution in [2.24, 2.45) is 0 Å². The summed E-state index contributed by atoms with van der Waals surface area (Å²) in [6.45, 7) is 3.04. The number of benzene rings is 1. The molecule has 1 aromatic carbocycles. The van der Waals surface area contributed by atoms with Crippen molar-refractivity contribution in [3.05, 3.63) is 46.5 Å². The van der Waals surface area contributed by atoms with Gasteiger partial charge in [-0.2, -0.15) is 0 Å². The second kappa shape index (κ2) is 4.49. The second-order valence-corrected chi connectivity index (χ2v) is 5.78. The lowest BCUT2D eigenvalue weighted by atomic mass is 10.2. The van der Waals surface area contributed by atoms with Gasteiger partial charge in [0.15, 0.2) is 5.13 Å². The molecule has 0 saturated heterocycles. The Kier molecular flexibility index (Phi) is 2.85. The van der Waals surface area contributed by atoms with E-state index in [0.717, 1.165) is 17.6 Å². The van der Waals surface area contributed by atoms with Gasteiger partial charge in [-0.3, -0.25) is 0 Å². The summed E-state index contributed by atoms with van der Waals surface area (Å²) in [7, 11) is 0. The Labute approximate surface area is 106 Å². The normalized spacial score (nSPS) is 14.9. The molecule has 2 nitrogen and oxygen atoms in total. The molecule has 0 amide bonds. The van der Waals surface area contributed by atoms with Gasteiger partial charge in [-0.25, -0.2) is 4.98 Å². The molecule has 1 saturated carbocycles. The first kappa shape index (κ1) is 10.8. The monoisotopic (exact) mass is 244 g/mol. The van der Waals surface area contributed by atoms with Crippen LogP contribution in [-0.2, 0) is 6.54 Å². The van der Waals surface area contributed by atoms with Crippen molar-refractivity contribution in [3.63, 3.8) is 0 Å². The predicted octanol–water partition coefficient (Wildman–Crippen LogP) is 3.94. The molecule has 88 valence electrons. The third-order valence-electron chi connectivity index (χ3n) is 3.08. The number of nitrogens with one attached hydrogen (secondary N) is 1. The summed E-state index contributed by atoms with van der Waals surface area (Å²) in [5.74, 6) is 0.749. The van der Waals surface area contributed by atoms with Gasteiger partial charge in [0.1, 0.15) is 0 Å². The Hall–Kier alpha value is -1.35. The van der Waals surface area contributed by atoms with Gasteiger partial charge in [0, 0.05) is 17.3 Å². The molecule has 3 heteroatoms. The summed E-state index contributed by atoms with van der Waals surface area (Å²) in [6, 6.07) is 10.5. The van der Waals surface area contributed by atoms with Gasteiger partial charge < -0.3 is 5.32 Å². The molecule has 0 radical (unpaired) electrons. The van der Waals surface area contributed by atoms with Gasteiger partial charge >= 0.3 is 0 Å². The van der Waals surface area contributed by atoms with Gasteiger partial charge in [-0.1, -0.05) is 30.3 Å². The van der Waals surface area contributed by atoms with E-state index in [9.17, 15) is 0 Å². The fraction of sp³-hybridized carbons (Fsp3) is 0.357. The van der Waals surface area contributed by atoms with Crippen LogP contribution in [0, 0.1) is 6.92 Å². The number of hydrogen-bond acceptors (Lipinski definition) is 3. The molecule has 2 aromatic rings. The van der Waals surface area contributed by atoms with Crippen LogP contribution in [0.5, 0.6) is 0 Å². The average molecular weight is 244 g/mol. The smallest absolute Gasteiger partial charge is 0.183 e. The van der Waals surface area contributed by atoms with E-state index in [-0.39, 0.29) is 0 Å². The number of aromatic nitrogens is 1. The largest absolute Gasteiger partial charge is 0.357 e. The predicted molar refractivity (Wildman–Crippen MR) is 72.6 cm³/mol. The van der Waals surface area contributed by atoms with Crippen molar-refractivity contribution in [3.8, 4) is 0 Å². The third-order valence-corrected chi connectivity index (χ3v) is 4.03. The summed E-state index contributed by atoms with van der Waals surface area (Å²) < 4.78 is 0. The summed E-state index contributed by atoms with van der Waals surface area (Å²) >= 11 is 1.78. The van der Waals surface area contributed by atoms with Gasteiger partial charge in [0.05, 0.1) is 5.69 Å². The maximum absolute atomic E-state index is 4.69. The Balaban J connectivity index is 1.67. The van der Waals surface area contributed by atoms with E-state index in [0.29, 0.717) is 0 Å². The highest BCUT2D eigenvalue weighted by Gasteiger charge is 2.28. The molecule has 1 fully saturated rings. The average Bonchev–Trinajstić information content (AvgIpc) is 3.12. The molecule has 0 aliphatic heterocycles. The zero-order valence-corrected chi connectivity index (χ0v) is 10.8. The van der Waals surface area contributed by atoms with Crippen LogP contribution in [0.25, 0.3) is 0 Å². The molecule has 0 atom stereocenters. The minimum Gasteiger partial charge on any atom is -0.357 e. The fourth-order valence-electron chi connectivity index (χ4n) is 1.99. The van der Waals surface area contributed by atoms with Gasteiger partial charge in [0.2, 0.25) is 0 Å². The quantitative estimate of drug-likeness (QED) is 0.881. The zero-order chi connectivity index (χ0) is 11.7. The van der Waals surface area contributed by atoms with Crippen molar-refractivity contribution in [1.82, 2.24) is 4.98 Å². The number of nitrogens with zero attached hydrogens (tertiary/aromatic N) is 1. The highest BCUT2D eigenvalue weighted by Crippen LogP contribution is 2.43. The van der Waals surface area contributed by atoms with Crippen LogP contribution in [-0.4, -0.2) is 4.98 Å². The molecule has 1 aliphatic carbocycles. The summed E-state index contributed by atoms with van der Waals surface area (Å²) in [4.78, 5) is 6.07. The minimum absolute atomic E-state index is 0.749. The van der Waals surface area contributed by atoms with E-state index in [2.05, 4.69) is 36.5 Å². The Morgan fingerprint density at radius 1 is 1.29 bits per heavy atom. The Bertz CT molecular complexity index is 500. The lowest BCUT2D eigenvalue weighted by Crippen LogP contribution is -1.98. The first-order valence-corrected chi connectivity index (χ1v) is 6.89. The van der Waals surface area contributed by atoms with E-state index in [4.69, 9.17) is 4.98 Å². The fourth-order valence-corrected chi connectivity index (χ4v) is 2.89. The standard InChI is InChI=1S/C14H16N2S/c1-10-13(12-7-8-12)16-14(17-10)15-9-11-5-3-2-4-6-11/h2-6,12H,7-9H2,1H3,(H,15,16). The first-order valence-electron chi connectivity index (χ1n) is 6.08. The van der Waals surface area contributed by atoms with Crippen LogP contribution < -0.4 is 5.32 Å². The molecule has 17 heavy (non-hydrogen) atoms. The number of hydrogen-bond donors (Lipinski definition) is 1. The van der Waals surface area contributed by atoms with Crippen molar-refractivity contribution >= 4 is 16.5 Å². The molecule has 0 spiro atoms. The maximum Gasteiger partial charge on any atom is 0.183 e. The highest BCUT2D eigenvalue weighted by atomic mass is 32.1. The molecule has 1 aromatic heterocycles. The number of aryl methyl sites for hydroxylation is 1. The van der Waals surface area contributed by atoms with Crippen LogP contribution >= 0.6 is 11.3 Å². The van der Waals surface area contributed by atoms with Crippen LogP contribution in [0.15, 0.2) is 30.3 Å². The van der Waals surface area contributed by atoms with Crippen LogP contribution in [0.1, 0.15) is 34.9 Å². The molecule has 1 aliphatic rings. The maximum atomic E-state index is 4.69. The molecular formula is C14H16N2S. The number of anilines is 1. The Morgan fingerprint density at radius 2 is 2.06 bits per heavy atom. The van der Waals surface area contributed by atoms with E-state index in [1.165, 1.54) is 29.0 Å². The lowest BCUT2D eigenvalue weighted by Gasteiger charge is -2.01. The number of thiazole rings is 1. The zero-order valence-electron chi connectivity index (χ0n) is 9.94. The third kappa shape index (κ3) is 2.50. The van der Waals surface area contributed by atoms with Crippen molar-refractivity contribution in [2.75, 3.05) is 5.32 Å². The molecule has 0 unspecified atom stereocenters. The molecule has 3 rings (SSSR count). The Morgan fingerprint density at radius 3 is 2.76 bits per heavy atom. The van der Waals surface area contributed by atoms with E-state index >= 15 is 0 Å². The lowest BCUT2D eigenvalue weighted by molar-refractivity contribution is 1.02. The van der Waals surface area contributed by atoms with Crippen molar-refractivity contribution in [2.45, 2.75) is 32.2 Å². The summed E-state index contributed by atoms with van der Waals surface area (Å²) in [6.07, 6.45) is 2.64. The molecule has 0 bridgehead atoms. The van der Waals surface area contributed by atoms with Crippen molar-refractivity contribution < 1.29 is 0 Å². The SMILES string of the molecule is Cc1sc(NCc2ccccc2)nc1C1CC1. The first-order chi connectivity index (χ1) is 8.33. The highest BCUT2D eigenvalue weighted by molar-refractivity contribution is 7.15. The minimum atomic E-state index is 0.749. The summed E-state index contributed by atoms with van der Waals surface area (Å²) in [5, 5.41) is 4.48. The number of rotatable bonds is 4. The van der Waals surface area contributed by atoms with Crippen molar-refractivity contribution in [1.29, 1.82) is 0 Å². The van der Waals surface area contributed by atoms with Gasteiger partial charge in [-0.15, -0.1) is 11.3 Å². The van der Waals surface area contributed by atoms with E-state index in [1.807, 2.05) is 6.07 Å². The molecule has 1 heterocycles. The molecule has 1 N–H and O–H groups in total. The summed E-state index contributed by atoms with van der Waals surface area (Å²) in [5.41, 5.74) is 2.62. The van der Waals surface area contributed by atoms with E-state index < -0.39 is 0 Å².